The normalized spacial score (nSPS) is 17.0. The summed E-state index contributed by atoms with van der Waals surface area (Å²) in [5, 5.41) is 0. The number of aromatic nitrogens is 1. The number of pyridine rings is 1. The highest BCUT2D eigenvalue weighted by molar-refractivity contribution is 5.77. The Bertz CT molecular complexity index is 1070. The first-order valence-electron chi connectivity index (χ1n) is 9.67. The first kappa shape index (κ1) is 23.7. The van der Waals surface area contributed by atoms with E-state index in [-0.39, 0.29) is 23.2 Å². The summed E-state index contributed by atoms with van der Waals surface area (Å²) >= 11 is 0. The van der Waals surface area contributed by atoms with Crippen molar-refractivity contribution < 1.29 is 35.9 Å². The smallest absolute Gasteiger partial charge is 0.431 e. The van der Waals surface area contributed by atoms with Crippen molar-refractivity contribution in [2.75, 3.05) is 13.7 Å². The van der Waals surface area contributed by atoms with Crippen molar-refractivity contribution in [3.8, 4) is 5.75 Å². The van der Waals surface area contributed by atoms with Crippen LogP contribution in [-0.2, 0) is 23.7 Å². The molecule has 0 bridgehead atoms. The summed E-state index contributed by atoms with van der Waals surface area (Å²) in [6.07, 6.45) is -9.25. The van der Waals surface area contributed by atoms with Crippen molar-refractivity contribution in [2.24, 2.45) is 0 Å². The molecule has 3 rings (SSSR count). The SMILES string of the molecule is COc1cccc([C@@H]2CCCN2C(=O)Cn2c(C(F)(F)F)cc(C(F)(F)F)cc2=O)c1C. The fourth-order valence-electron chi connectivity index (χ4n) is 3.99. The second-order valence-corrected chi connectivity index (χ2v) is 7.47. The largest absolute Gasteiger partial charge is 0.496 e. The Kier molecular flexibility index (Phi) is 6.30. The molecule has 1 aromatic heterocycles. The molecule has 0 saturated carbocycles. The molecule has 1 atom stereocenters. The fraction of sp³-hybridized carbons (Fsp3) is 0.429. The molecule has 1 saturated heterocycles. The number of alkyl halides is 6. The van der Waals surface area contributed by atoms with Gasteiger partial charge in [0.2, 0.25) is 5.91 Å². The molecule has 5 nitrogen and oxygen atoms in total. The van der Waals surface area contributed by atoms with E-state index in [0.717, 1.165) is 11.1 Å². The van der Waals surface area contributed by atoms with Crippen LogP contribution in [0.3, 0.4) is 0 Å². The number of ether oxygens (including phenoxy) is 1. The van der Waals surface area contributed by atoms with Crippen LogP contribution in [0.5, 0.6) is 5.75 Å². The quantitative estimate of drug-likeness (QED) is 0.626. The van der Waals surface area contributed by atoms with Gasteiger partial charge < -0.3 is 9.64 Å². The minimum absolute atomic E-state index is 0.0470. The first-order valence-corrected chi connectivity index (χ1v) is 9.67. The van der Waals surface area contributed by atoms with Gasteiger partial charge in [-0.1, -0.05) is 12.1 Å². The van der Waals surface area contributed by atoms with Crippen LogP contribution in [0.15, 0.2) is 35.1 Å². The molecule has 32 heavy (non-hydrogen) atoms. The second kappa shape index (κ2) is 8.51. The highest BCUT2D eigenvalue weighted by atomic mass is 19.4. The Labute approximate surface area is 179 Å². The van der Waals surface area contributed by atoms with Gasteiger partial charge in [-0.15, -0.1) is 0 Å². The molecular formula is C21H20F6N2O3. The average molecular weight is 462 g/mol. The highest BCUT2D eigenvalue weighted by Crippen LogP contribution is 2.37. The zero-order valence-corrected chi connectivity index (χ0v) is 17.2. The van der Waals surface area contributed by atoms with E-state index in [2.05, 4.69) is 0 Å². The lowest BCUT2D eigenvalue weighted by Gasteiger charge is -2.28. The van der Waals surface area contributed by atoms with E-state index >= 15 is 0 Å². The van der Waals surface area contributed by atoms with E-state index < -0.39 is 47.7 Å². The summed E-state index contributed by atoms with van der Waals surface area (Å²) in [7, 11) is 1.49. The van der Waals surface area contributed by atoms with Crippen LogP contribution >= 0.6 is 0 Å². The molecule has 0 spiro atoms. The molecule has 1 aliphatic heterocycles. The van der Waals surface area contributed by atoms with Gasteiger partial charge in [-0.25, -0.2) is 0 Å². The maximum absolute atomic E-state index is 13.4. The molecule has 0 N–H and O–H groups in total. The minimum Gasteiger partial charge on any atom is -0.496 e. The molecule has 2 heterocycles. The van der Waals surface area contributed by atoms with Crippen LogP contribution in [-0.4, -0.2) is 29.0 Å². The van der Waals surface area contributed by atoms with E-state index in [4.69, 9.17) is 4.74 Å². The minimum atomic E-state index is -5.26. The number of benzene rings is 1. The number of halogens is 6. The van der Waals surface area contributed by atoms with Crippen molar-refractivity contribution >= 4 is 5.91 Å². The van der Waals surface area contributed by atoms with E-state index in [1.54, 1.807) is 25.1 Å². The van der Waals surface area contributed by atoms with Gasteiger partial charge in [0, 0.05) is 12.6 Å². The summed E-state index contributed by atoms with van der Waals surface area (Å²) < 4.78 is 84.4. The van der Waals surface area contributed by atoms with Crippen LogP contribution in [0, 0.1) is 6.92 Å². The number of carbonyl (C=O) groups excluding carboxylic acids is 1. The number of nitrogens with zero attached hydrogens (tertiary/aromatic N) is 2. The van der Waals surface area contributed by atoms with Crippen molar-refractivity contribution in [1.82, 2.24) is 9.47 Å². The Hall–Kier alpha value is -2.98. The lowest BCUT2D eigenvalue weighted by molar-refractivity contribution is -0.149. The number of hydrogen-bond donors (Lipinski definition) is 0. The molecule has 1 amide bonds. The maximum Gasteiger partial charge on any atom is 0.431 e. The van der Waals surface area contributed by atoms with Crippen LogP contribution in [0.25, 0.3) is 0 Å². The average Bonchev–Trinajstić information content (AvgIpc) is 3.17. The van der Waals surface area contributed by atoms with E-state index in [0.29, 0.717) is 18.6 Å². The van der Waals surface area contributed by atoms with Crippen LogP contribution in [0.1, 0.15) is 41.3 Å². The van der Waals surface area contributed by atoms with Gasteiger partial charge in [0.1, 0.15) is 18.0 Å². The summed E-state index contributed by atoms with van der Waals surface area (Å²) in [6, 6.07) is 4.71. The van der Waals surface area contributed by atoms with Crippen molar-refractivity contribution in [3.63, 3.8) is 0 Å². The number of hydrogen-bond acceptors (Lipinski definition) is 3. The van der Waals surface area contributed by atoms with Gasteiger partial charge in [0.05, 0.1) is 18.7 Å². The predicted octanol–water partition coefficient (Wildman–Crippen LogP) is 4.57. The van der Waals surface area contributed by atoms with Crippen LogP contribution in [0.4, 0.5) is 26.3 Å². The lowest BCUT2D eigenvalue weighted by atomic mass is 9.98. The molecular weight excluding hydrogens is 442 g/mol. The predicted molar refractivity (Wildman–Crippen MR) is 102 cm³/mol. The Morgan fingerprint density at radius 2 is 1.81 bits per heavy atom. The molecule has 1 aromatic carbocycles. The van der Waals surface area contributed by atoms with Crippen LogP contribution < -0.4 is 10.3 Å². The van der Waals surface area contributed by atoms with Gasteiger partial charge in [0.25, 0.3) is 5.56 Å². The van der Waals surface area contributed by atoms with Crippen molar-refractivity contribution in [3.05, 3.63) is 63.1 Å². The van der Waals surface area contributed by atoms with Gasteiger partial charge in [-0.2, -0.15) is 26.3 Å². The number of amides is 1. The third-order valence-electron chi connectivity index (χ3n) is 5.52. The van der Waals surface area contributed by atoms with Gasteiger partial charge in [-0.05, 0) is 43.0 Å². The number of rotatable bonds is 4. The Morgan fingerprint density at radius 1 is 1.12 bits per heavy atom. The standard InChI is InChI=1S/C21H20F6N2O3/c1-12-14(5-3-7-16(12)32-2)15-6-4-8-28(15)19(31)11-29-17(21(25,26)27)9-13(10-18(29)30)20(22,23)24/h3,5,7,9-10,15H,4,6,8,11H2,1-2H3/t15-/m0/s1. The van der Waals surface area contributed by atoms with Crippen molar-refractivity contribution in [2.45, 2.75) is 44.7 Å². The van der Waals surface area contributed by atoms with Gasteiger partial charge in [-0.3, -0.25) is 14.2 Å². The molecule has 0 radical (unpaired) electrons. The van der Waals surface area contributed by atoms with E-state index in [9.17, 15) is 35.9 Å². The highest BCUT2D eigenvalue weighted by Gasteiger charge is 2.40. The topological polar surface area (TPSA) is 51.5 Å². The molecule has 1 fully saturated rings. The van der Waals surface area contributed by atoms with E-state index in [1.165, 1.54) is 12.0 Å². The number of likely N-dealkylation sites (tertiary alicyclic amines) is 1. The Morgan fingerprint density at radius 3 is 2.41 bits per heavy atom. The van der Waals surface area contributed by atoms with Gasteiger partial charge >= 0.3 is 12.4 Å². The molecule has 174 valence electrons. The second-order valence-electron chi connectivity index (χ2n) is 7.47. The summed E-state index contributed by atoms with van der Waals surface area (Å²) in [5.74, 6) is -0.206. The fourth-order valence-corrected chi connectivity index (χ4v) is 3.99. The maximum atomic E-state index is 13.4. The van der Waals surface area contributed by atoms with Crippen LogP contribution in [0.2, 0.25) is 0 Å². The van der Waals surface area contributed by atoms with Gasteiger partial charge in [0.15, 0.2) is 0 Å². The molecule has 2 aromatic rings. The molecule has 0 aliphatic carbocycles. The Balaban J connectivity index is 1.97. The molecule has 1 aliphatic rings. The molecule has 11 heteroatoms. The third-order valence-corrected chi connectivity index (χ3v) is 5.52. The monoisotopic (exact) mass is 462 g/mol. The third kappa shape index (κ3) is 4.61. The number of methoxy groups -OCH3 is 1. The first-order chi connectivity index (χ1) is 14.8. The zero-order valence-electron chi connectivity index (χ0n) is 17.2. The van der Waals surface area contributed by atoms with Crippen molar-refractivity contribution in [1.29, 1.82) is 0 Å². The summed E-state index contributed by atoms with van der Waals surface area (Å²) in [5.41, 5.74) is -3.56. The zero-order chi connectivity index (χ0) is 23.8. The summed E-state index contributed by atoms with van der Waals surface area (Å²) in [4.78, 5) is 26.4. The summed E-state index contributed by atoms with van der Waals surface area (Å²) in [6.45, 7) is 1.01. The van der Waals surface area contributed by atoms with E-state index in [1.807, 2.05) is 0 Å². The number of carbonyl (C=O) groups is 1. The molecule has 0 unspecified atom stereocenters. The lowest BCUT2D eigenvalue weighted by Crippen LogP contribution is -2.38.